The molecule has 2 atom stereocenters. The Morgan fingerprint density at radius 3 is 2.92 bits per heavy atom. The van der Waals surface area contributed by atoms with Gasteiger partial charge in [0.25, 0.3) is 5.91 Å². The van der Waals surface area contributed by atoms with E-state index in [2.05, 4.69) is 56.7 Å². The Morgan fingerprint density at radius 1 is 1.20 bits per heavy atom. The summed E-state index contributed by atoms with van der Waals surface area (Å²) < 4.78 is 0.971. The van der Waals surface area contributed by atoms with E-state index < -0.39 is 5.54 Å². The second kappa shape index (κ2) is 5.19. The summed E-state index contributed by atoms with van der Waals surface area (Å²) >= 11 is 3.57. The zero-order valence-corrected chi connectivity index (χ0v) is 15.4. The molecule has 0 saturated heterocycles. The van der Waals surface area contributed by atoms with E-state index in [4.69, 9.17) is 0 Å². The van der Waals surface area contributed by atoms with E-state index in [1.165, 1.54) is 10.9 Å². The maximum Gasteiger partial charge on any atom is 0.255 e. The number of H-pyrrole nitrogens is 1. The van der Waals surface area contributed by atoms with E-state index >= 15 is 0 Å². The summed E-state index contributed by atoms with van der Waals surface area (Å²) in [6.45, 7) is 2.15. The van der Waals surface area contributed by atoms with Gasteiger partial charge in [-0.05, 0) is 49.6 Å². The van der Waals surface area contributed by atoms with Crippen molar-refractivity contribution in [3.63, 3.8) is 0 Å². The fourth-order valence-electron chi connectivity index (χ4n) is 4.32. The number of amides is 1. The highest BCUT2D eigenvalue weighted by molar-refractivity contribution is 9.10. The van der Waals surface area contributed by atoms with E-state index in [1.54, 1.807) is 0 Å². The van der Waals surface area contributed by atoms with Crippen molar-refractivity contribution < 1.29 is 4.79 Å². The summed E-state index contributed by atoms with van der Waals surface area (Å²) in [4.78, 5) is 16.8. The molecule has 0 unspecified atom stereocenters. The minimum Gasteiger partial charge on any atom is -0.356 e. The van der Waals surface area contributed by atoms with Crippen LogP contribution in [0.4, 0.5) is 5.69 Å². The van der Waals surface area contributed by atoms with Gasteiger partial charge in [-0.3, -0.25) is 10.1 Å². The van der Waals surface area contributed by atoms with Crippen LogP contribution in [0.15, 0.2) is 46.9 Å². The van der Waals surface area contributed by atoms with Crippen molar-refractivity contribution in [2.24, 2.45) is 0 Å². The van der Waals surface area contributed by atoms with Crippen molar-refractivity contribution in [1.29, 1.82) is 0 Å². The van der Waals surface area contributed by atoms with Gasteiger partial charge in [0.15, 0.2) is 5.54 Å². The largest absolute Gasteiger partial charge is 0.356 e. The van der Waals surface area contributed by atoms with Crippen LogP contribution in [-0.2, 0) is 16.8 Å². The minimum atomic E-state index is -0.872. The number of benzene rings is 2. The molecule has 2 aromatic carbocycles. The monoisotopic (exact) mass is 395 g/mol. The number of aromatic nitrogens is 1. The predicted octanol–water partition coefficient (Wildman–Crippen LogP) is 4.05. The number of nitrogens with one attached hydrogen (secondary N) is 3. The van der Waals surface area contributed by atoms with Gasteiger partial charge in [-0.25, -0.2) is 0 Å². The molecule has 2 aliphatic heterocycles. The lowest BCUT2D eigenvalue weighted by molar-refractivity contribution is -0.120. The number of aromatic amines is 1. The van der Waals surface area contributed by atoms with Crippen molar-refractivity contribution in [3.05, 3.63) is 63.8 Å². The van der Waals surface area contributed by atoms with Gasteiger partial charge in [0.1, 0.15) is 0 Å². The first-order chi connectivity index (χ1) is 12.1. The van der Waals surface area contributed by atoms with Crippen molar-refractivity contribution in [3.8, 4) is 0 Å². The fraction of sp³-hybridized carbons (Fsp3) is 0.250. The summed E-state index contributed by atoms with van der Waals surface area (Å²) in [6, 6.07) is 14.5. The molecule has 5 rings (SSSR count). The number of anilines is 1. The summed E-state index contributed by atoms with van der Waals surface area (Å²) in [5, 5.41) is 7.93. The van der Waals surface area contributed by atoms with Crippen LogP contribution in [0.5, 0.6) is 0 Å². The maximum atomic E-state index is 13.2. The number of hydrogen-bond donors (Lipinski definition) is 3. The molecule has 1 aromatic heterocycles. The van der Waals surface area contributed by atoms with Gasteiger partial charge >= 0.3 is 0 Å². The Kier molecular flexibility index (Phi) is 3.15. The van der Waals surface area contributed by atoms with E-state index in [0.29, 0.717) is 0 Å². The molecule has 0 saturated carbocycles. The first kappa shape index (κ1) is 15.2. The number of carbonyl (C=O) groups is 1. The third-order valence-corrected chi connectivity index (χ3v) is 5.95. The molecule has 0 fully saturated rings. The van der Waals surface area contributed by atoms with Gasteiger partial charge in [-0.15, -0.1) is 0 Å². The van der Waals surface area contributed by atoms with Crippen molar-refractivity contribution in [2.75, 3.05) is 5.32 Å². The first-order valence-electron chi connectivity index (χ1n) is 8.59. The van der Waals surface area contributed by atoms with Crippen LogP contribution in [0, 0.1) is 0 Å². The molecule has 1 amide bonds. The van der Waals surface area contributed by atoms with Crippen molar-refractivity contribution >= 4 is 38.4 Å². The second-order valence-electron chi connectivity index (χ2n) is 7.00. The lowest BCUT2D eigenvalue weighted by Crippen LogP contribution is -2.52. The minimum absolute atomic E-state index is 0.0119. The Labute approximate surface area is 154 Å². The number of carbonyl (C=O) groups excluding carboxylic acids is 1. The highest BCUT2D eigenvalue weighted by Gasteiger charge is 2.52. The zero-order chi connectivity index (χ0) is 17.2. The third kappa shape index (κ3) is 1.99. The number of aryl methyl sites for hydroxylation is 1. The summed E-state index contributed by atoms with van der Waals surface area (Å²) in [5.41, 5.74) is 4.29. The van der Waals surface area contributed by atoms with E-state index in [9.17, 15) is 4.79 Å². The lowest BCUT2D eigenvalue weighted by Gasteiger charge is -2.30. The number of rotatable bonds is 0. The Balaban J connectivity index is 1.88. The summed E-state index contributed by atoms with van der Waals surface area (Å²) in [6.07, 6.45) is 1.94. The van der Waals surface area contributed by atoms with Crippen LogP contribution in [0.2, 0.25) is 0 Å². The van der Waals surface area contributed by atoms with Crippen LogP contribution in [0.1, 0.15) is 30.2 Å². The van der Waals surface area contributed by atoms with Gasteiger partial charge in [-0.1, -0.05) is 34.1 Å². The molecule has 0 bridgehead atoms. The molecular weight excluding hydrogens is 378 g/mol. The average Bonchev–Trinajstić information content (AvgIpc) is 3.04. The Bertz CT molecular complexity index is 1020. The van der Waals surface area contributed by atoms with E-state index in [1.807, 2.05) is 24.3 Å². The third-order valence-electron chi connectivity index (χ3n) is 5.45. The van der Waals surface area contributed by atoms with Crippen molar-refractivity contribution in [2.45, 2.75) is 31.3 Å². The molecule has 3 N–H and O–H groups in total. The Morgan fingerprint density at radius 2 is 2.04 bits per heavy atom. The van der Waals surface area contributed by atoms with Gasteiger partial charge in [0.05, 0.1) is 5.69 Å². The molecule has 3 aromatic rings. The zero-order valence-electron chi connectivity index (χ0n) is 13.8. The molecule has 126 valence electrons. The highest BCUT2D eigenvalue weighted by Crippen LogP contribution is 2.46. The van der Waals surface area contributed by atoms with Crippen LogP contribution in [0.3, 0.4) is 0 Å². The topological polar surface area (TPSA) is 56.9 Å². The number of hydrogen-bond acceptors (Lipinski definition) is 2. The van der Waals surface area contributed by atoms with Gasteiger partial charge in [-0.2, -0.15) is 0 Å². The molecule has 4 nitrogen and oxygen atoms in total. The summed E-state index contributed by atoms with van der Waals surface area (Å²) in [7, 11) is 0. The molecule has 0 aliphatic carbocycles. The molecule has 1 spiro atoms. The van der Waals surface area contributed by atoms with Crippen LogP contribution >= 0.6 is 15.9 Å². The molecule has 2 aliphatic rings. The van der Waals surface area contributed by atoms with Gasteiger partial charge in [0, 0.05) is 32.7 Å². The van der Waals surface area contributed by atoms with Crippen LogP contribution < -0.4 is 10.6 Å². The Hall–Kier alpha value is -2.11. The summed E-state index contributed by atoms with van der Waals surface area (Å²) in [5.74, 6) is -0.0119. The first-order valence-corrected chi connectivity index (χ1v) is 9.38. The lowest BCUT2D eigenvalue weighted by atomic mass is 9.85. The molecule has 0 radical (unpaired) electrons. The van der Waals surface area contributed by atoms with Gasteiger partial charge < -0.3 is 10.3 Å². The predicted molar refractivity (Wildman–Crippen MR) is 103 cm³/mol. The molecule has 25 heavy (non-hydrogen) atoms. The molecular formula is C20H18BrN3O. The van der Waals surface area contributed by atoms with Crippen molar-refractivity contribution in [1.82, 2.24) is 10.3 Å². The van der Waals surface area contributed by atoms with E-state index in [-0.39, 0.29) is 11.9 Å². The van der Waals surface area contributed by atoms with Gasteiger partial charge in [0.2, 0.25) is 0 Å². The quantitative estimate of drug-likeness (QED) is 0.537. The SMILES string of the molecule is C[C@@H]1CCc2c([nH]c3ccccc23)[C@@]2(N1)C(=O)Nc1ccc(Br)cc12. The highest BCUT2D eigenvalue weighted by atomic mass is 79.9. The normalized spacial score (nSPS) is 24.9. The van der Waals surface area contributed by atoms with E-state index in [0.717, 1.165) is 39.8 Å². The second-order valence-corrected chi connectivity index (χ2v) is 7.92. The number of para-hydroxylation sites is 1. The number of fused-ring (bicyclic) bond motifs is 6. The smallest absolute Gasteiger partial charge is 0.255 e. The van der Waals surface area contributed by atoms with Crippen LogP contribution in [0.25, 0.3) is 10.9 Å². The number of halogens is 1. The average molecular weight is 396 g/mol. The maximum absolute atomic E-state index is 13.2. The molecule has 3 heterocycles. The molecule has 5 heteroatoms. The standard InChI is InChI=1S/C20H18BrN3O/c1-11-6-8-14-13-4-2-3-5-16(13)22-18(14)20(24-11)15-10-12(21)7-9-17(15)23-19(20)25/h2-5,7,9-11,22,24H,6,8H2,1H3,(H,23,25)/t11-,20-/m1/s1. The van der Waals surface area contributed by atoms with Crippen LogP contribution in [-0.4, -0.2) is 16.9 Å². The fourth-order valence-corrected chi connectivity index (χ4v) is 4.68.